The molecule has 20 heavy (non-hydrogen) atoms. The van der Waals surface area contributed by atoms with Gasteiger partial charge in [0.1, 0.15) is 6.61 Å². The summed E-state index contributed by atoms with van der Waals surface area (Å²) in [4.78, 5) is 24.8. The Balaban J connectivity index is 1.99. The van der Waals surface area contributed by atoms with Gasteiger partial charge in [0.25, 0.3) is 0 Å². The lowest BCUT2D eigenvalue weighted by Gasteiger charge is -2.14. The average Bonchev–Trinajstić information content (AvgIpc) is 2.83. The molecule has 108 valence electrons. The summed E-state index contributed by atoms with van der Waals surface area (Å²) in [5, 5.41) is 5.84. The second-order valence-corrected chi connectivity index (χ2v) is 4.90. The maximum absolute atomic E-state index is 11.7. The molecule has 0 aliphatic carbocycles. The largest absolute Gasteiger partial charge is 0.447 e. The molecular formula is C14H19N3O3. The van der Waals surface area contributed by atoms with E-state index in [-0.39, 0.29) is 24.6 Å². The van der Waals surface area contributed by atoms with E-state index in [9.17, 15) is 9.59 Å². The van der Waals surface area contributed by atoms with E-state index >= 15 is 0 Å². The first-order valence-electron chi connectivity index (χ1n) is 6.64. The zero-order valence-electron chi connectivity index (χ0n) is 11.7. The number of ether oxygens (including phenoxy) is 1. The van der Waals surface area contributed by atoms with Crippen molar-refractivity contribution in [2.75, 3.05) is 29.9 Å². The molecule has 1 heterocycles. The molecular weight excluding hydrogens is 258 g/mol. The molecule has 0 radical (unpaired) electrons. The topological polar surface area (TPSA) is 70.7 Å². The number of benzene rings is 1. The first-order valence-corrected chi connectivity index (χ1v) is 6.64. The molecule has 0 aromatic heterocycles. The van der Waals surface area contributed by atoms with E-state index in [1.54, 1.807) is 23.1 Å². The maximum Gasteiger partial charge on any atom is 0.414 e. The lowest BCUT2D eigenvalue weighted by molar-refractivity contribution is -0.115. The first-order chi connectivity index (χ1) is 9.56. The molecule has 1 aromatic carbocycles. The molecule has 1 aliphatic rings. The fourth-order valence-corrected chi connectivity index (χ4v) is 1.88. The molecule has 0 bridgehead atoms. The van der Waals surface area contributed by atoms with E-state index < -0.39 is 0 Å². The molecule has 2 N–H and O–H groups in total. The molecule has 1 fully saturated rings. The molecule has 0 spiro atoms. The van der Waals surface area contributed by atoms with Crippen molar-refractivity contribution in [2.45, 2.75) is 19.9 Å². The second kappa shape index (κ2) is 6.38. The summed E-state index contributed by atoms with van der Waals surface area (Å²) in [6, 6.07) is 7.42. The van der Waals surface area contributed by atoms with Gasteiger partial charge >= 0.3 is 6.09 Å². The number of hydrogen-bond acceptors (Lipinski definition) is 4. The Morgan fingerprint density at radius 1 is 1.45 bits per heavy atom. The van der Waals surface area contributed by atoms with Crippen molar-refractivity contribution in [3.05, 3.63) is 24.3 Å². The van der Waals surface area contributed by atoms with E-state index in [1.807, 2.05) is 19.9 Å². The smallest absolute Gasteiger partial charge is 0.414 e. The van der Waals surface area contributed by atoms with Crippen LogP contribution in [-0.4, -0.2) is 37.7 Å². The number of nitrogens with zero attached hydrogens (tertiary/aromatic N) is 1. The van der Waals surface area contributed by atoms with Gasteiger partial charge in [-0.1, -0.05) is 19.9 Å². The molecule has 0 atom stereocenters. The number of rotatable bonds is 5. The molecule has 2 amide bonds. The van der Waals surface area contributed by atoms with Gasteiger partial charge in [0.05, 0.1) is 13.1 Å². The van der Waals surface area contributed by atoms with Crippen LogP contribution < -0.4 is 15.5 Å². The predicted molar refractivity (Wildman–Crippen MR) is 76.9 cm³/mol. The van der Waals surface area contributed by atoms with Gasteiger partial charge < -0.3 is 15.4 Å². The second-order valence-electron chi connectivity index (χ2n) is 4.90. The van der Waals surface area contributed by atoms with E-state index in [0.29, 0.717) is 18.8 Å². The minimum absolute atomic E-state index is 0.111. The van der Waals surface area contributed by atoms with Crippen molar-refractivity contribution >= 4 is 23.4 Å². The van der Waals surface area contributed by atoms with E-state index in [0.717, 1.165) is 5.69 Å². The molecule has 6 nitrogen and oxygen atoms in total. The van der Waals surface area contributed by atoms with Crippen molar-refractivity contribution in [3.8, 4) is 0 Å². The highest BCUT2D eigenvalue weighted by molar-refractivity contribution is 5.94. The fraction of sp³-hybridized carbons (Fsp3) is 0.429. The number of amides is 2. The van der Waals surface area contributed by atoms with Crippen LogP contribution in [0.3, 0.4) is 0 Å². The van der Waals surface area contributed by atoms with E-state index in [4.69, 9.17) is 4.74 Å². The zero-order chi connectivity index (χ0) is 14.5. The minimum Gasteiger partial charge on any atom is -0.447 e. The van der Waals surface area contributed by atoms with Crippen molar-refractivity contribution < 1.29 is 14.3 Å². The summed E-state index contributed by atoms with van der Waals surface area (Å²) in [5.74, 6) is -0.111. The average molecular weight is 277 g/mol. The third-order valence-corrected chi connectivity index (χ3v) is 2.87. The van der Waals surface area contributed by atoms with Gasteiger partial charge in [0.15, 0.2) is 0 Å². The Labute approximate surface area is 118 Å². The van der Waals surface area contributed by atoms with Crippen LogP contribution in [0.4, 0.5) is 16.2 Å². The monoisotopic (exact) mass is 277 g/mol. The number of carbonyl (C=O) groups is 2. The van der Waals surface area contributed by atoms with Crippen LogP contribution >= 0.6 is 0 Å². The Bertz CT molecular complexity index is 502. The zero-order valence-corrected chi connectivity index (χ0v) is 11.7. The summed E-state index contributed by atoms with van der Waals surface area (Å²) < 4.78 is 4.90. The van der Waals surface area contributed by atoms with Crippen molar-refractivity contribution in [1.82, 2.24) is 5.32 Å². The fourth-order valence-electron chi connectivity index (χ4n) is 1.88. The molecule has 0 unspecified atom stereocenters. The number of nitrogens with one attached hydrogen (secondary N) is 2. The van der Waals surface area contributed by atoms with Crippen molar-refractivity contribution in [2.24, 2.45) is 0 Å². The summed E-state index contributed by atoms with van der Waals surface area (Å²) in [6.45, 7) is 5.15. The van der Waals surface area contributed by atoms with Crippen LogP contribution in [0.15, 0.2) is 24.3 Å². The van der Waals surface area contributed by atoms with Crippen LogP contribution in [0.5, 0.6) is 0 Å². The molecule has 6 heteroatoms. The first kappa shape index (κ1) is 14.3. The van der Waals surface area contributed by atoms with Crippen molar-refractivity contribution in [1.29, 1.82) is 0 Å². The predicted octanol–water partition coefficient (Wildman–Crippen LogP) is 1.58. The summed E-state index contributed by atoms with van der Waals surface area (Å²) in [7, 11) is 0. The standard InChI is InChI=1S/C14H19N3O3/c1-10(2)15-9-13(18)16-11-4-3-5-12(8-11)17-6-7-20-14(17)19/h3-5,8,10,15H,6-7,9H2,1-2H3,(H,16,18). The van der Waals surface area contributed by atoms with Crippen LogP contribution in [0, 0.1) is 0 Å². The Morgan fingerprint density at radius 3 is 2.90 bits per heavy atom. The maximum atomic E-state index is 11.7. The highest BCUT2D eigenvalue weighted by Gasteiger charge is 2.23. The van der Waals surface area contributed by atoms with Crippen LogP contribution in [0.2, 0.25) is 0 Å². The summed E-state index contributed by atoms with van der Waals surface area (Å²) in [6.07, 6.45) is -0.352. The minimum atomic E-state index is -0.352. The lowest BCUT2D eigenvalue weighted by Crippen LogP contribution is -2.32. The number of hydrogen-bond donors (Lipinski definition) is 2. The Kier molecular flexibility index (Phi) is 4.57. The third-order valence-electron chi connectivity index (χ3n) is 2.87. The van der Waals surface area contributed by atoms with Gasteiger partial charge in [0, 0.05) is 17.4 Å². The van der Waals surface area contributed by atoms with Crippen LogP contribution in [0.25, 0.3) is 0 Å². The number of anilines is 2. The Morgan fingerprint density at radius 2 is 2.25 bits per heavy atom. The summed E-state index contributed by atoms with van der Waals surface area (Å²) >= 11 is 0. The van der Waals surface area contributed by atoms with Gasteiger partial charge in [-0.25, -0.2) is 4.79 Å². The third kappa shape index (κ3) is 3.71. The van der Waals surface area contributed by atoms with Gasteiger partial charge in [-0.05, 0) is 18.2 Å². The van der Waals surface area contributed by atoms with Crippen LogP contribution in [-0.2, 0) is 9.53 Å². The number of carbonyl (C=O) groups excluding carboxylic acids is 2. The SMILES string of the molecule is CC(C)NCC(=O)Nc1cccc(N2CCOC2=O)c1. The number of cyclic esters (lactones) is 1. The highest BCUT2D eigenvalue weighted by atomic mass is 16.6. The normalized spacial score (nSPS) is 14.6. The van der Waals surface area contributed by atoms with Gasteiger partial charge in [-0.15, -0.1) is 0 Å². The van der Waals surface area contributed by atoms with E-state index in [1.165, 1.54) is 0 Å². The molecule has 2 rings (SSSR count). The molecule has 1 aliphatic heterocycles. The Hall–Kier alpha value is -2.08. The van der Waals surface area contributed by atoms with Crippen LogP contribution in [0.1, 0.15) is 13.8 Å². The highest BCUT2D eigenvalue weighted by Crippen LogP contribution is 2.22. The summed E-state index contributed by atoms with van der Waals surface area (Å²) in [5.41, 5.74) is 1.39. The molecule has 0 saturated carbocycles. The quantitative estimate of drug-likeness (QED) is 0.857. The van der Waals surface area contributed by atoms with Gasteiger partial charge in [-0.3, -0.25) is 9.69 Å². The molecule has 1 saturated heterocycles. The van der Waals surface area contributed by atoms with Gasteiger partial charge in [0.2, 0.25) is 5.91 Å². The molecule has 1 aromatic rings. The van der Waals surface area contributed by atoms with Gasteiger partial charge in [-0.2, -0.15) is 0 Å². The van der Waals surface area contributed by atoms with Crippen molar-refractivity contribution in [3.63, 3.8) is 0 Å². The van der Waals surface area contributed by atoms with E-state index in [2.05, 4.69) is 10.6 Å². The lowest BCUT2D eigenvalue weighted by atomic mass is 10.2.